The average Bonchev–Trinajstić information content (AvgIpc) is 3.25. The molecule has 10 rings (SSSR count). The van der Waals surface area contributed by atoms with Crippen molar-refractivity contribution in [3.8, 4) is 11.5 Å². The second kappa shape index (κ2) is 14.7. The topological polar surface area (TPSA) is 24.9 Å². The predicted molar refractivity (Wildman–Crippen MR) is 244 cm³/mol. The average molecular weight is 771 g/mol. The van der Waals surface area contributed by atoms with E-state index in [4.69, 9.17) is 9.47 Å². The van der Waals surface area contributed by atoms with Crippen LogP contribution in [0.25, 0.3) is 11.1 Å². The van der Waals surface area contributed by atoms with Gasteiger partial charge in [-0.25, -0.2) is 0 Å². The van der Waals surface area contributed by atoms with E-state index >= 15 is 0 Å². The molecule has 5 aliphatic rings. The standard InChI is InChI=1S/C53H46N2O2Si/c1-58(2,3)49-28-22-43(23-29-49)54(41-14-6-4-7-15-41)45-24-30-50-39-19-27-48-34-40(20-26-47(33-39)56-52(50)35-45)51-31-25-46(36-53(51)57-48)55(42-16-8-5-9-17-42)44-21-18-37-12-10-11-13-38(37)32-44/h4-17,19-32,35-37H,18,33-34H2,1-3H3/b39-19?,40-20+,47-26+,48-27+. The fourth-order valence-corrected chi connectivity index (χ4v) is 9.72. The molecule has 0 N–H and O–H groups in total. The Hall–Kier alpha value is -6.56. The third kappa shape index (κ3) is 6.92. The zero-order valence-corrected chi connectivity index (χ0v) is 34.2. The lowest BCUT2D eigenvalue weighted by Crippen LogP contribution is -2.37. The first kappa shape index (κ1) is 35.8. The third-order valence-electron chi connectivity index (χ3n) is 11.6. The number of nitrogens with zero attached hydrogens (tertiary/aromatic N) is 2. The highest BCUT2D eigenvalue weighted by atomic mass is 28.3. The molecular weight excluding hydrogens is 725 g/mol. The summed E-state index contributed by atoms with van der Waals surface area (Å²) in [6.45, 7) is 7.17. The second-order valence-electron chi connectivity index (χ2n) is 16.6. The van der Waals surface area contributed by atoms with Crippen LogP contribution in [0, 0.1) is 5.92 Å². The van der Waals surface area contributed by atoms with Crippen LogP contribution in [0.3, 0.4) is 0 Å². The maximum atomic E-state index is 6.78. The summed E-state index contributed by atoms with van der Waals surface area (Å²) >= 11 is 0. The summed E-state index contributed by atoms with van der Waals surface area (Å²) in [6, 6.07) is 43.6. The molecule has 1 unspecified atom stereocenters. The van der Waals surface area contributed by atoms with Crippen LogP contribution in [0.4, 0.5) is 28.4 Å². The van der Waals surface area contributed by atoms with Gasteiger partial charge in [0.05, 0.1) is 8.07 Å². The molecule has 2 aliphatic heterocycles. The van der Waals surface area contributed by atoms with Crippen molar-refractivity contribution in [2.45, 2.75) is 38.9 Å². The molecule has 2 heterocycles. The third-order valence-corrected chi connectivity index (χ3v) is 13.7. The zero-order chi connectivity index (χ0) is 39.2. The first-order valence-corrected chi connectivity index (χ1v) is 23.9. The van der Waals surface area contributed by atoms with Gasteiger partial charge in [-0.05, 0) is 102 Å². The van der Waals surface area contributed by atoms with Gasteiger partial charge in [0.1, 0.15) is 23.0 Å². The van der Waals surface area contributed by atoms with Gasteiger partial charge < -0.3 is 19.3 Å². The van der Waals surface area contributed by atoms with Crippen molar-refractivity contribution in [3.63, 3.8) is 0 Å². The fraction of sp³-hybridized carbons (Fsp3) is 0.132. The Morgan fingerprint density at radius 2 is 1.09 bits per heavy atom. The minimum atomic E-state index is -1.44. The van der Waals surface area contributed by atoms with E-state index in [0.29, 0.717) is 18.8 Å². The van der Waals surface area contributed by atoms with Gasteiger partial charge in [0.15, 0.2) is 0 Å². The maximum absolute atomic E-state index is 6.78. The molecule has 5 aromatic carbocycles. The summed E-state index contributed by atoms with van der Waals surface area (Å²) in [5.41, 5.74) is 12.6. The minimum Gasteiger partial charge on any atom is -0.461 e. The molecule has 0 saturated heterocycles. The van der Waals surface area contributed by atoms with Crippen LogP contribution in [0.2, 0.25) is 19.6 Å². The van der Waals surface area contributed by atoms with Gasteiger partial charge in [-0.3, -0.25) is 0 Å². The number of fused-ring (bicyclic) bond motifs is 9. The molecule has 58 heavy (non-hydrogen) atoms. The number of allylic oxidation sites excluding steroid dienone is 13. The molecule has 0 saturated carbocycles. The first-order chi connectivity index (χ1) is 28.3. The number of hydrogen-bond acceptors (Lipinski definition) is 4. The van der Waals surface area contributed by atoms with Crippen molar-refractivity contribution in [3.05, 3.63) is 216 Å². The molecular formula is C53H46N2O2Si. The lowest BCUT2D eigenvalue weighted by atomic mass is 9.87. The summed E-state index contributed by atoms with van der Waals surface area (Å²) in [7, 11) is -1.44. The number of para-hydroxylation sites is 2. The van der Waals surface area contributed by atoms with Crippen LogP contribution < -0.4 is 24.5 Å². The highest BCUT2D eigenvalue weighted by molar-refractivity contribution is 6.88. The first-order valence-electron chi connectivity index (χ1n) is 20.4. The predicted octanol–water partition coefficient (Wildman–Crippen LogP) is 13.6. The number of benzene rings is 5. The van der Waals surface area contributed by atoms with Crippen LogP contribution in [-0.2, 0) is 0 Å². The van der Waals surface area contributed by atoms with Gasteiger partial charge in [-0.1, -0.05) is 116 Å². The highest BCUT2D eigenvalue weighted by Crippen LogP contribution is 2.46. The smallest absolute Gasteiger partial charge is 0.136 e. The molecule has 4 nitrogen and oxygen atoms in total. The van der Waals surface area contributed by atoms with Gasteiger partial charge in [0, 0.05) is 76.2 Å². The van der Waals surface area contributed by atoms with E-state index in [1.54, 1.807) is 0 Å². The molecule has 5 heteroatoms. The summed E-state index contributed by atoms with van der Waals surface area (Å²) in [4.78, 5) is 4.66. The Bertz CT molecular complexity index is 2670. The monoisotopic (exact) mass is 770 g/mol. The van der Waals surface area contributed by atoms with Crippen molar-refractivity contribution in [2.24, 2.45) is 5.92 Å². The Balaban J connectivity index is 0.996. The molecule has 0 aromatic heterocycles. The lowest BCUT2D eigenvalue weighted by molar-refractivity contribution is 0.403. The van der Waals surface area contributed by atoms with Gasteiger partial charge >= 0.3 is 0 Å². The van der Waals surface area contributed by atoms with Gasteiger partial charge in [-0.2, -0.15) is 0 Å². The molecule has 0 radical (unpaired) electrons. The van der Waals surface area contributed by atoms with Crippen molar-refractivity contribution in [1.82, 2.24) is 0 Å². The highest BCUT2D eigenvalue weighted by Gasteiger charge is 2.27. The Kier molecular flexibility index (Phi) is 9.11. The molecule has 4 bridgehead atoms. The summed E-state index contributed by atoms with van der Waals surface area (Å²) in [6.07, 6.45) is 24.7. The quantitative estimate of drug-likeness (QED) is 0.154. The normalized spacial score (nSPS) is 20.3. The Morgan fingerprint density at radius 1 is 0.552 bits per heavy atom. The van der Waals surface area contributed by atoms with E-state index in [2.05, 4.69) is 212 Å². The molecule has 0 fully saturated rings. The second-order valence-corrected chi connectivity index (χ2v) is 21.6. The van der Waals surface area contributed by atoms with E-state index in [-0.39, 0.29) is 0 Å². The van der Waals surface area contributed by atoms with Crippen LogP contribution in [0.1, 0.15) is 30.4 Å². The van der Waals surface area contributed by atoms with Gasteiger partial charge in [0.2, 0.25) is 0 Å². The molecule has 5 aromatic rings. The van der Waals surface area contributed by atoms with Gasteiger partial charge in [0.25, 0.3) is 0 Å². The van der Waals surface area contributed by atoms with E-state index in [9.17, 15) is 0 Å². The summed E-state index contributed by atoms with van der Waals surface area (Å²) in [5, 5.41) is 1.45. The van der Waals surface area contributed by atoms with E-state index < -0.39 is 8.07 Å². The van der Waals surface area contributed by atoms with Crippen molar-refractivity contribution in [1.29, 1.82) is 0 Å². The van der Waals surface area contributed by atoms with Gasteiger partial charge in [-0.15, -0.1) is 0 Å². The molecule has 3 aliphatic carbocycles. The number of ether oxygens (including phenoxy) is 2. The largest absolute Gasteiger partial charge is 0.461 e. The number of rotatable bonds is 7. The molecule has 1 atom stereocenters. The SMILES string of the molecule is C[Si](C)(C)c1ccc(N(c2ccccc2)c2ccc3c(c2)O/C2=C/C=C4\C/C(=C\C=C3C2)Oc2cc(N(C3=CCC5C=CC=CC5=C3)c3ccccc3)ccc24)cc1. The van der Waals surface area contributed by atoms with E-state index in [1.807, 2.05) is 0 Å². The van der Waals surface area contributed by atoms with Crippen LogP contribution in [-0.4, -0.2) is 8.07 Å². The molecule has 0 amide bonds. The van der Waals surface area contributed by atoms with E-state index in [0.717, 1.165) is 69.0 Å². The Morgan fingerprint density at radius 3 is 1.67 bits per heavy atom. The van der Waals surface area contributed by atoms with Crippen molar-refractivity contribution in [2.75, 3.05) is 9.80 Å². The lowest BCUT2D eigenvalue weighted by Gasteiger charge is -2.32. The van der Waals surface area contributed by atoms with Crippen LogP contribution in [0.15, 0.2) is 205 Å². The van der Waals surface area contributed by atoms with Crippen molar-refractivity contribution >= 4 is 52.8 Å². The van der Waals surface area contributed by atoms with Crippen molar-refractivity contribution < 1.29 is 9.47 Å². The molecule has 284 valence electrons. The minimum absolute atomic E-state index is 0.430. The fourth-order valence-electron chi connectivity index (χ4n) is 8.55. The number of anilines is 5. The maximum Gasteiger partial charge on any atom is 0.136 e. The zero-order valence-electron chi connectivity index (χ0n) is 33.2. The summed E-state index contributed by atoms with van der Waals surface area (Å²) in [5.74, 6) is 3.99. The number of hydrogen-bond donors (Lipinski definition) is 0. The van der Waals surface area contributed by atoms with E-state index in [1.165, 1.54) is 27.6 Å². The summed E-state index contributed by atoms with van der Waals surface area (Å²) < 4.78 is 13.5. The van der Waals surface area contributed by atoms with Crippen LogP contribution in [0.5, 0.6) is 11.5 Å². The van der Waals surface area contributed by atoms with Crippen LogP contribution >= 0.6 is 0 Å². The Labute approximate surface area is 343 Å². The molecule has 0 spiro atoms.